The number of carbonyl (C=O) groups is 1. The monoisotopic (exact) mass is 298 g/mol. The molecule has 1 amide bonds. The number of hydrogen-bond donors (Lipinski definition) is 0. The topological polar surface area (TPSA) is 34.5 Å². The van der Waals surface area contributed by atoms with Crippen LogP contribution in [0.25, 0.3) is 0 Å². The molecular formula is C18H22N2O2. The Morgan fingerprint density at radius 3 is 2.91 bits per heavy atom. The van der Waals surface area contributed by atoms with Gasteiger partial charge in [0.1, 0.15) is 0 Å². The lowest BCUT2D eigenvalue weighted by molar-refractivity contribution is 0.0617. The van der Waals surface area contributed by atoms with E-state index in [1.165, 1.54) is 5.69 Å². The fourth-order valence-electron chi connectivity index (χ4n) is 3.26. The highest BCUT2D eigenvalue weighted by Crippen LogP contribution is 2.30. The number of carbonyl (C=O) groups excluding carboxylic acids is 1. The Morgan fingerprint density at radius 1 is 1.27 bits per heavy atom. The first-order chi connectivity index (χ1) is 10.7. The van der Waals surface area contributed by atoms with E-state index in [2.05, 4.69) is 29.8 Å². The number of hydrogen-bond acceptors (Lipinski definition) is 2. The Morgan fingerprint density at radius 2 is 2.14 bits per heavy atom. The molecule has 4 heteroatoms. The molecule has 1 aliphatic heterocycles. The summed E-state index contributed by atoms with van der Waals surface area (Å²) in [5.41, 5.74) is 3.00. The molecule has 4 nitrogen and oxygen atoms in total. The number of nitrogens with zero attached hydrogens (tertiary/aromatic N) is 2. The van der Waals surface area contributed by atoms with Gasteiger partial charge in [-0.1, -0.05) is 19.1 Å². The maximum atomic E-state index is 12.9. The Balaban J connectivity index is 1.87. The fourth-order valence-corrected chi connectivity index (χ4v) is 3.26. The highest BCUT2D eigenvalue weighted by atomic mass is 16.5. The number of methoxy groups -OCH3 is 1. The zero-order chi connectivity index (χ0) is 15.5. The summed E-state index contributed by atoms with van der Waals surface area (Å²) in [7, 11) is 1.67. The number of rotatable bonds is 4. The van der Waals surface area contributed by atoms with E-state index in [-0.39, 0.29) is 11.9 Å². The van der Waals surface area contributed by atoms with Gasteiger partial charge >= 0.3 is 0 Å². The first-order valence-corrected chi connectivity index (χ1v) is 7.78. The van der Waals surface area contributed by atoms with Crippen LogP contribution in [-0.2, 0) is 17.9 Å². The quantitative estimate of drug-likeness (QED) is 0.868. The van der Waals surface area contributed by atoms with Crippen molar-refractivity contribution in [2.75, 3.05) is 13.7 Å². The molecule has 0 radical (unpaired) electrons. The molecule has 22 heavy (non-hydrogen) atoms. The number of aromatic nitrogens is 1. The third kappa shape index (κ3) is 2.66. The average Bonchev–Trinajstić information content (AvgIpc) is 3.02. The predicted octanol–water partition coefficient (Wildman–Crippen LogP) is 3.24. The molecule has 1 unspecified atom stereocenters. The van der Waals surface area contributed by atoms with E-state index in [4.69, 9.17) is 4.74 Å². The van der Waals surface area contributed by atoms with Crippen LogP contribution in [-0.4, -0.2) is 29.0 Å². The second-order valence-corrected chi connectivity index (χ2v) is 5.68. The van der Waals surface area contributed by atoms with Crippen molar-refractivity contribution in [3.8, 4) is 0 Å². The average molecular weight is 298 g/mol. The molecule has 0 saturated heterocycles. The molecule has 0 saturated carbocycles. The van der Waals surface area contributed by atoms with Gasteiger partial charge < -0.3 is 14.2 Å². The molecule has 116 valence electrons. The van der Waals surface area contributed by atoms with Gasteiger partial charge in [0.05, 0.1) is 12.6 Å². The zero-order valence-corrected chi connectivity index (χ0v) is 13.2. The summed E-state index contributed by atoms with van der Waals surface area (Å²) in [5.74, 6) is 0.109. The summed E-state index contributed by atoms with van der Waals surface area (Å²) in [6.45, 7) is 4.28. The van der Waals surface area contributed by atoms with Crippen molar-refractivity contribution in [3.05, 3.63) is 59.4 Å². The van der Waals surface area contributed by atoms with Crippen LogP contribution < -0.4 is 0 Å². The minimum absolute atomic E-state index is 0.109. The number of benzene rings is 1. The summed E-state index contributed by atoms with van der Waals surface area (Å²) < 4.78 is 7.41. The van der Waals surface area contributed by atoms with Gasteiger partial charge in [0.25, 0.3) is 5.91 Å². The first kappa shape index (κ1) is 14.9. The summed E-state index contributed by atoms with van der Waals surface area (Å²) >= 11 is 0. The third-order valence-corrected chi connectivity index (χ3v) is 4.30. The lowest BCUT2D eigenvalue weighted by atomic mass is 10.0. The highest BCUT2D eigenvalue weighted by Gasteiger charge is 2.30. The summed E-state index contributed by atoms with van der Waals surface area (Å²) in [6.07, 6.45) is 3.02. The molecule has 0 aliphatic carbocycles. The minimum Gasteiger partial charge on any atom is -0.380 e. The van der Waals surface area contributed by atoms with Gasteiger partial charge in [0, 0.05) is 37.7 Å². The van der Waals surface area contributed by atoms with Crippen molar-refractivity contribution in [2.24, 2.45) is 0 Å². The van der Waals surface area contributed by atoms with Gasteiger partial charge in [-0.3, -0.25) is 4.79 Å². The van der Waals surface area contributed by atoms with Crippen LogP contribution in [0, 0.1) is 0 Å². The van der Waals surface area contributed by atoms with Crippen molar-refractivity contribution in [3.63, 3.8) is 0 Å². The standard InChI is InChI=1S/C18H22N2O2/c1-3-16-17-8-5-9-19(17)10-11-20(16)18(21)15-7-4-6-14(12-15)13-22-2/h4-9,12,16H,3,10-11,13H2,1-2H3. The molecule has 0 spiro atoms. The Hall–Kier alpha value is -2.07. The highest BCUT2D eigenvalue weighted by molar-refractivity contribution is 5.94. The minimum atomic E-state index is 0.109. The normalized spacial score (nSPS) is 17.4. The maximum absolute atomic E-state index is 12.9. The molecule has 2 heterocycles. The van der Waals surface area contributed by atoms with Crippen molar-refractivity contribution < 1.29 is 9.53 Å². The smallest absolute Gasteiger partial charge is 0.254 e. The number of amides is 1. The lowest BCUT2D eigenvalue weighted by Crippen LogP contribution is -2.41. The van der Waals surface area contributed by atoms with Crippen LogP contribution in [0.5, 0.6) is 0 Å². The van der Waals surface area contributed by atoms with Crippen LogP contribution in [0.2, 0.25) is 0 Å². The Bertz CT molecular complexity index is 663. The summed E-state index contributed by atoms with van der Waals surface area (Å²) in [4.78, 5) is 14.9. The van der Waals surface area contributed by atoms with E-state index in [9.17, 15) is 4.79 Å². The lowest BCUT2D eigenvalue weighted by Gasteiger charge is -2.36. The molecule has 1 atom stereocenters. The van der Waals surface area contributed by atoms with Gasteiger partial charge in [-0.05, 0) is 36.2 Å². The zero-order valence-electron chi connectivity index (χ0n) is 13.2. The van der Waals surface area contributed by atoms with E-state index in [0.717, 1.165) is 30.6 Å². The van der Waals surface area contributed by atoms with E-state index in [1.807, 2.05) is 29.2 Å². The first-order valence-electron chi connectivity index (χ1n) is 7.78. The molecule has 0 fully saturated rings. The largest absolute Gasteiger partial charge is 0.380 e. The summed E-state index contributed by atoms with van der Waals surface area (Å²) in [6, 6.07) is 12.1. The SMILES string of the molecule is CCC1c2cccn2CCN1C(=O)c1cccc(COC)c1. The molecule has 3 rings (SSSR count). The predicted molar refractivity (Wildman–Crippen MR) is 85.7 cm³/mol. The van der Waals surface area contributed by atoms with Gasteiger partial charge in [-0.25, -0.2) is 0 Å². The molecule has 1 aliphatic rings. The number of fused-ring (bicyclic) bond motifs is 1. The van der Waals surface area contributed by atoms with E-state index >= 15 is 0 Å². The van der Waals surface area contributed by atoms with Crippen molar-refractivity contribution in [2.45, 2.75) is 32.5 Å². The fraction of sp³-hybridized carbons (Fsp3) is 0.389. The van der Waals surface area contributed by atoms with E-state index in [0.29, 0.717) is 6.61 Å². The van der Waals surface area contributed by atoms with Crippen LogP contribution in [0.1, 0.15) is 41.0 Å². The Labute approximate surface area is 131 Å². The third-order valence-electron chi connectivity index (χ3n) is 4.30. The molecule has 1 aromatic heterocycles. The van der Waals surface area contributed by atoms with Crippen LogP contribution >= 0.6 is 0 Å². The van der Waals surface area contributed by atoms with Gasteiger partial charge in [-0.2, -0.15) is 0 Å². The molecule has 0 bridgehead atoms. The van der Waals surface area contributed by atoms with Gasteiger partial charge in [0.2, 0.25) is 0 Å². The second-order valence-electron chi connectivity index (χ2n) is 5.68. The second kappa shape index (κ2) is 6.36. The molecule has 0 N–H and O–H groups in total. The van der Waals surface area contributed by atoms with Gasteiger partial charge in [0.15, 0.2) is 0 Å². The summed E-state index contributed by atoms with van der Waals surface area (Å²) in [5, 5.41) is 0. The van der Waals surface area contributed by atoms with Crippen LogP contribution in [0.4, 0.5) is 0 Å². The van der Waals surface area contributed by atoms with Crippen molar-refractivity contribution in [1.29, 1.82) is 0 Å². The Kier molecular flexibility index (Phi) is 4.29. The van der Waals surface area contributed by atoms with Gasteiger partial charge in [-0.15, -0.1) is 0 Å². The van der Waals surface area contributed by atoms with Crippen molar-refractivity contribution >= 4 is 5.91 Å². The molecule has 1 aromatic carbocycles. The number of ether oxygens (including phenoxy) is 1. The van der Waals surface area contributed by atoms with Crippen LogP contribution in [0.15, 0.2) is 42.6 Å². The van der Waals surface area contributed by atoms with E-state index in [1.54, 1.807) is 7.11 Å². The molecule has 2 aromatic rings. The van der Waals surface area contributed by atoms with Crippen molar-refractivity contribution in [1.82, 2.24) is 9.47 Å². The maximum Gasteiger partial charge on any atom is 0.254 e. The van der Waals surface area contributed by atoms with Crippen LogP contribution in [0.3, 0.4) is 0 Å². The molecular weight excluding hydrogens is 276 g/mol. The van der Waals surface area contributed by atoms with E-state index < -0.39 is 0 Å².